The molecule has 12 heavy (non-hydrogen) atoms. The molecule has 4 nitrogen and oxygen atoms in total. The maximum Gasteiger partial charge on any atom is 0.0774 e. The first-order valence-corrected chi connectivity index (χ1v) is 4.04. The summed E-state index contributed by atoms with van der Waals surface area (Å²) in [4.78, 5) is 0. The Hall–Kier alpha value is -0.160. The predicted molar refractivity (Wildman–Crippen MR) is 45.0 cm³/mol. The van der Waals surface area contributed by atoms with Gasteiger partial charge in [0.25, 0.3) is 0 Å². The lowest BCUT2D eigenvalue weighted by atomic mass is 10.1. The molecule has 0 heterocycles. The van der Waals surface area contributed by atoms with Crippen LogP contribution in [0.25, 0.3) is 0 Å². The van der Waals surface area contributed by atoms with Crippen molar-refractivity contribution >= 4 is 0 Å². The van der Waals surface area contributed by atoms with Crippen molar-refractivity contribution in [3.8, 4) is 0 Å². The van der Waals surface area contributed by atoms with Crippen LogP contribution in [0.5, 0.6) is 0 Å². The molecule has 0 saturated carbocycles. The largest absolute Gasteiger partial charge is 0.391 e. The first-order chi connectivity index (χ1) is 5.70. The fraction of sp³-hybridized carbons (Fsp3) is 1.00. The Kier molecular flexibility index (Phi) is 7.39. The van der Waals surface area contributed by atoms with Crippen LogP contribution in [-0.4, -0.2) is 49.9 Å². The zero-order chi connectivity index (χ0) is 9.40. The molecule has 0 aromatic rings. The van der Waals surface area contributed by atoms with Crippen molar-refractivity contribution in [1.82, 2.24) is 0 Å². The van der Waals surface area contributed by atoms with E-state index >= 15 is 0 Å². The van der Waals surface area contributed by atoms with Gasteiger partial charge in [0, 0.05) is 14.2 Å². The van der Waals surface area contributed by atoms with Gasteiger partial charge in [0.2, 0.25) is 0 Å². The van der Waals surface area contributed by atoms with Crippen molar-refractivity contribution in [2.75, 3.05) is 27.4 Å². The van der Waals surface area contributed by atoms with Crippen LogP contribution in [0.15, 0.2) is 0 Å². The zero-order valence-corrected chi connectivity index (χ0v) is 7.69. The Balaban J connectivity index is 3.27. The molecule has 0 amide bonds. The molecule has 0 fully saturated rings. The van der Waals surface area contributed by atoms with Gasteiger partial charge >= 0.3 is 0 Å². The summed E-state index contributed by atoms with van der Waals surface area (Å²) >= 11 is 0. The molecule has 0 aliphatic rings. The smallest absolute Gasteiger partial charge is 0.0774 e. The number of ether oxygens (including phenoxy) is 2. The van der Waals surface area contributed by atoms with Crippen molar-refractivity contribution in [2.45, 2.75) is 25.0 Å². The average molecular weight is 178 g/mol. The van der Waals surface area contributed by atoms with E-state index < -0.39 is 12.2 Å². The van der Waals surface area contributed by atoms with Crippen LogP contribution in [-0.2, 0) is 9.47 Å². The van der Waals surface area contributed by atoms with Crippen LogP contribution in [0.4, 0.5) is 0 Å². The molecule has 4 heteroatoms. The maximum absolute atomic E-state index is 9.19. The molecule has 74 valence electrons. The minimum Gasteiger partial charge on any atom is -0.391 e. The third-order valence-electron chi connectivity index (χ3n) is 1.55. The minimum atomic E-state index is -0.485. The summed E-state index contributed by atoms with van der Waals surface area (Å²) in [5.41, 5.74) is 0. The van der Waals surface area contributed by atoms with E-state index in [0.29, 0.717) is 26.1 Å². The highest BCUT2D eigenvalue weighted by molar-refractivity contribution is 4.59. The number of aliphatic hydroxyl groups is 2. The number of hydrogen-bond acceptors (Lipinski definition) is 4. The third-order valence-corrected chi connectivity index (χ3v) is 1.55. The van der Waals surface area contributed by atoms with E-state index in [1.807, 2.05) is 0 Å². The lowest BCUT2D eigenvalue weighted by Crippen LogP contribution is -2.20. The van der Waals surface area contributed by atoms with Gasteiger partial charge in [-0.15, -0.1) is 0 Å². The van der Waals surface area contributed by atoms with Crippen LogP contribution in [0, 0.1) is 0 Å². The van der Waals surface area contributed by atoms with E-state index in [4.69, 9.17) is 9.47 Å². The normalized spacial score (nSPS) is 16.0. The SMILES string of the molecule is COCC(O)CCC(O)COC. The van der Waals surface area contributed by atoms with E-state index in [1.165, 1.54) is 14.2 Å². The van der Waals surface area contributed by atoms with Gasteiger partial charge in [-0.25, -0.2) is 0 Å². The van der Waals surface area contributed by atoms with Crippen LogP contribution in [0.1, 0.15) is 12.8 Å². The standard InChI is InChI=1S/C8H18O4/c1-11-5-7(9)3-4-8(10)6-12-2/h7-10H,3-6H2,1-2H3. The van der Waals surface area contributed by atoms with Crippen LogP contribution < -0.4 is 0 Å². The van der Waals surface area contributed by atoms with E-state index in [-0.39, 0.29) is 0 Å². The summed E-state index contributed by atoms with van der Waals surface area (Å²) in [6, 6.07) is 0. The molecule has 2 N–H and O–H groups in total. The van der Waals surface area contributed by atoms with Crippen LogP contribution >= 0.6 is 0 Å². The molecule has 0 spiro atoms. The Morgan fingerprint density at radius 1 is 0.917 bits per heavy atom. The van der Waals surface area contributed by atoms with Gasteiger partial charge in [0.1, 0.15) is 0 Å². The topological polar surface area (TPSA) is 58.9 Å². The summed E-state index contributed by atoms with van der Waals surface area (Å²) in [5.74, 6) is 0. The van der Waals surface area contributed by atoms with Crippen molar-refractivity contribution in [2.24, 2.45) is 0 Å². The number of hydrogen-bond donors (Lipinski definition) is 2. The van der Waals surface area contributed by atoms with Gasteiger partial charge in [-0.2, -0.15) is 0 Å². The Morgan fingerprint density at radius 2 is 1.25 bits per heavy atom. The molecule has 0 aliphatic heterocycles. The molecule has 2 atom stereocenters. The highest BCUT2D eigenvalue weighted by Crippen LogP contribution is 2.02. The predicted octanol–water partition coefficient (Wildman–Crippen LogP) is -0.219. The molecule has 0 bridgehead atoms. The van der Waals surface area contributed by atoms with E-state index in [1.54, 1.807) is 0 Å². The lowest BCUT2D eigenvalue weighted by molar-refractivity contribution is 0.0257. The summed E-state index contributed by atoms with van der Waals surface area (Å²) < 4.78 is 9.47. The van der Waals surface area contributed by atoms with Gasteiger partial charge in [-0.1, -0.05) is 0 Å². The minimum absolute atomic E-state index is 0.319. The second-order valence-electron chi connectivity index (χ2n) is 2.80. The first kappa shape index (κ1) is 11.8. The Labute approximate surface area is 73.1 Å². The van der Waals surface area contributed by atoms with Gasteiger partial charge in [-0.05, 0) is 12.8 Å². The van der Waals surface area contributed by atoms with Crippen LogP contribution in [0.3, 0.4) is 0 Å². The monoisotopic (exact) mass is 178 g/mol. The number of aliphatic hydroxyl groups excluding tert-OH is 2. The molecule has 0 aromatic heterocycles. The Bertz CT molecular complexity index is 85.1. The highest BCUT2D eigenvalue weighted by Gasteiger charge is 2.08. The fourth-order valence-electron chi connectivity index (χ4n) is 0.936. The summed E-state index contributed by atoms with van der Waals surface area (Å²) in [5, 5.41) is 18.4. The van der Waals surface area contributed by atoms with Gasteiger partial charge in [-0.3, -0.25) is 0 Å². The molecule has 0 saturated heterocycles. The maximum atomic E-state index is 9.19. The summed E-state index contributed by atoms with van der Waals surface area (Å²) in [6.07, 6.45) is 0.111. The van der Waals surface area contributed by atoms with Gasteiger partial charge in [0.15, 0.2) is 0 Å². The fourth-order valence-corrected chi connectivity index (χ4v) is 0.936. The Morgan fingerprint density at radius 3 is 1.50 bits per heavy atom. The molecular weight excluding hydrogens is 160 g/mol. The van der Waals surface area contributed by atoms with E-state index in [9.17, 15) is 10.2 Å². The van der Waals surface area contributed by atoms with Crippen molar-refractivity contribution < 1.29 is 19.7 Å². The van der Waals surface area contributed by atoms with E-state index in [0.717, 1.165) is 0 Å². The number of methoxy groups -OCH3 is 2. The lowest BCUT2D eigenvalue weighted by Gasteiger charge is -2.12. The second-order valence-corrected chi connectivity index (χ2v) is 2.80. The number of rotatable bonds is 7. The van der Waals surface area contributed by atoms with Gasteiger partial charge in [0.05, 0.1) is 25.4 Å². The molecule has 2 unspecified atom stereocenters. The summed E-state index contributed by atoms with van der Waals surface area (Å²) in [7, 11) is 3.07. The quantitative estimate of drug-likeness (QED) is 0.566. The summed E-state index contributed by atoms with van der Waals surface area (Å²) in [6.45, 7) is 0.638. The molecular formula is C8H18O4. The van der Waals surface area contributed by atoms with Crippen molar-refractivity contribution in [3.63, 3.8) is 0 Å². The zero-order valence-electron chi connectivity index (χ0n) is 7.69. The molecule has 0 aromatic carbocycles. The van der Waals surface area contributed by atoms with Crippen molar-refractivity contribution in [1.29, 1.82) is 0 Å². The van der Waals surface area contributed by atoms with E-state index in [2.05, 4.69) is 0 Å². The molecule has 0 aliphatic carbocycles. The molecule has 0 radical (unpaired) electrons. The van der Waals surface area contributed by atoms with Crippen LogP contribution in [0.2, 0.25) is 0 Å². The molecule has 0 rings (SSSR count). The second kappa shape index (κ2) is 7.49. The van der Waals surface area contributed by atoms with Crippen molar-refractivity contribution in [3.05, 3.63) is 0 Å². The highest BCUT2D eigenvalue weighted by atomic mass is 16.5. The first-order valence-electron chi connectivity index (χ1n) is 4.04. The average Bonchev–Trinajstić information content (AvgIpc) is 2.02. The van der Waals surface area contributed by atoms with Gasteiger partial charge < -0.3 is 19.7 Å². The third kappa shape index (κ3) is 6.54.